The van der Waals surface area contributed by atoms with Crippen molar-refractivity contribution in [1.82, 2.24) is 20.1 Å². The number of aromatic nitrogens is 3. The molecular formula is C24H30N4O3S. The van der Waals surface area contributed by atoms with Gasteiger partial charge < -0.3 is 19.4 Å². The Hall–Kier alpha value is -3.00. The Balaban J connectivity index is 1.57. The number of hydrogen-bond donors (Lipinski definition) is 1. The highest BCUT2D eigenvalue weighted by atomic mass is 32.2. The lowest BCUT2D eigenvalue weighted by Crippen LogP contribution is -2.24. The van der Waals surface area contributed by atoms with Crippen molar-refractivity contribution < 1.29 is 14.3 Å². The summed E-state index contributed by atoms with van der Waals surface area (Å²) >= 11 is 1.36. The van der Waals surface area contributed by atoms with Gasteiger partial charge in [-0.15, -0.1) is 10.2 Å². The van der Waals surface area contributed by atoms with Gasteiger partial charge in [0, 0.05) is 19.2 Å². The Morgan fingerprint density at radius 2 is 1.72 bits per heavy atom. The number of nitrogens with one attached hydrogen (secondary N) is 1. The van der Waals surface area contributed by atoms with E-state index in [1.807, 2.05) is 29.8 Å². The number of nitrogens with zero attached hydrogens (tertiary/aromatic N) is 3. The molecule has 0 saturated carbocycles. The molecule has 0 spiro atoms. The normalized spacial score (nSPS) is 11.3. The van der Waals surface area contributed by atoms with E-state index in [2.05, 4.69) is 60.6 Å². The molecule has 0 aliphatic rings. The van der Waals surface area contributed by atoms with Gasteiger partial charge in [-0.25, -0.2) is 0 Å². The Morgan fingerprint density at radius 1 is 1.03 bits per heavy atom. The molecule has 0 atom stereocenters. The highest BCUT2D eigenvalue weighted by Crippen LogP contribution is 2.28. The first-order chi connectivity index (χ1) is 15.2. The lowest BCUT2D eigenvalue weighted by atomic mass is 9.87. The van der Waals surface area contributed by atoms with Gasteiger partial charge in [0.2, 0.25) is 5.91 Å². The van der Waals surface area contributed by atoms with E-state index in [1.165, 1.54) is 17.3 Å². The number of carbonyl (C=O) groups excluding carboxylic acids is 1. The number of hydrogen-bond acceptors (Lipinski definition) is 6. The second-order valence-electron chi connectivity index (χ2n) is 8.45. The first kappa shape index (κ1) is 23.7. The summed E-state index contributed by atoms with van der Waals surface area (Å²) in [5.41, 5.74) is 3.30. The standard InChI is InChI=1S/C24H30N4O3S/c1-24(2,3)18-10-8-17(9-11-18)22-26-27-23(28(22)4)32-15-21(29)25-14-16-7-12-19(30-5)20(13-16)31-6/h7-13H,14-15H2,1-6H3,(H,25,29). The maximum absolute atomic E-state index is 12.3. The van der Waals surface area contributed by atoms with E-state index >= 15 is 0 Å². The minimum Gasteiger partial charge on any atom is -0.493 e. The molecule has 3 rings (SSSR count). The molecule has 0 aliphatic heterocycles. The van der Waals surface area contributed by atoms with Crippen molar-refractivity contribution in [2.45, 2.75) is 37.9 Å². The van der Waals surface area contributed by atoms with Crippen LogP contribution in [0.15, 0.2) is 47.6 Å². The van der Waals surface area contributed by atoms with Crippen LogP contribution in [0.2, 0.25) is 0 Å². The van der Waals surface area contributed by atoms with E-state index in [0.717, 1.165) is 17.0 Å². The molecule has 1 amide bonds. The summed E-state index contributed by atoms with van der Waals surface area (Å²) in [5, 5.41) is 12.2. The number of carbonyl (C=O) groups is 1. The number of methoxy groups -OCH3 is 2. The fourth-order valence-corrected chi connectivity index (χ4v) is 3.92. The minimum absolute atomic E-state index is 0.0798. The Morgan fingerprint density at radius 3 is 2.34 bits per heavy atom. The second-order valence-corrected chi connectivity index (χ2v) is 9.39. The molecule has 1 N–H and O–H groups in total. The Kier molecular flexibility index (Phi) is 7.45. The van der Waals surface area contributed by atoms with Crippen molar-refractivity contribution in [2.24, 2.45) is 7.05 Å². The van der Waals surface area contributed by atoms with Crippen LogP contribution in [0.1, 0.15) is 31.9 Å². The van der Waals surface area contributed by atoms with Gasteiger partial charge in [-0.3, -0.25) is 4.79 Å². The number of ether oxygens (including phenoxy) is 2. The van der Waals surface area contributed by atoms with Crippen molar-refractivity contribution in [3.63, 3.8) is 0 Å². The predicted octanol–water partition coefficient (Wildman–Crippen LogP) is 4.21. The average Bonchev–Trinajstić information content (AvgIpc) is 3.15. The van der Waals surface area contributed by atoms with Crippen LogP contribution in [-0.2, 0) is 23.8 Å². The minimum atomic E-state index is -0.0798. The predicted molar refractivity (Wildman–Crippen MR) is 127 cm³/mol. The van der Waals surface area contributed by atoms with Crippen LogP contribution in [0.3, 0.4) is 0 Å². The van der Waals surface area contributed by atoms with Crippen molar-refractivity contribution in [3.8, 4) is 22.9 Å². The van der Waals surface area contributed by atoms with Crippen molar-refractivity contribution >= 4 is 17.7 Å². The largest absolute Gasteiger partial charge is 0.493 e. The van der Waals surface area contributed by atoms with Crippen LogP contribution < -0.4 is 14.8 Å². The maximum atomic E-state index is 12.3. The topological polar surface area (TPSA) is 78.3 Å². The van der Waals surface area contributed by atoms with E-state index in [0.29, 0.717) is 23.2 Å². The lowest BCUT2D eigenvalue weighted by molar-refractivity contribution is -0.118. The summed E-state index contributed by atoms with van der Waals surface area (Å²) in [6.07, 6.45) is 0. The molecule has 0 radical (unpaired) electrons. The molecule has 2 aromatic carbocycles. The molecule has 0 saturated heterocycles. The van der Waals surface area contributed by atoms with Gasteiger partial charge in [0.25, 0.3) is 0 Å². The summed E-state index contributed by atoms with van der Waals surface area (Å²) < 4.78 is 12.5. The first-order valence-electron chi connectivity index (χ1n) is 10.3. The van der Waals surface area contributed by atoms with E-state index in [9.17, 15) is 4.79 Å². The van der Waals surface area contributed by atoms with Gasteiger partial charge in [0.05, 0.1) is 20.0 Å². The van der Waals surface area contributed by atoms with E-state index in [-0.39, 0.29) is 17.1 Å². The molecule has 3 aromatic rings. The van der Waals surface area contributed by atoms with Crippen molar-refractivity contribution in [3.05, 3.63) is 53.6 Å². The van der Waals surface area contributed by atoms with E-state index in [4.69, 9.17) is 9.47 Å². The number of benzene rings is 2. The SMILES string of the molecule is COc1ccc(CNC(=O)CSc2nnc(-c3ccc(C(C)(C)C)cc3)n2C)cc1OC. The highest BCUT2D eigenvalue weighted by molar-refractivity contribution is 7.99. The first-order valence-corrected chi connectivity index (χ1v) is 11.3. The Labute approximate surface area is 193 Å². The Bertz CT molecular complexity index is 1070. The molecule has 0 aliphatic carbocycles. The van der Waals surface area contributed by atoms with E-state index < -0.39 is 0 Å². The zero-order valence-electron chi connectivity index (χ0n) is 19.4. The average molecular weight is 455 g/mol. The third-order valence-electron chi connectivity index (χ3n) is 5.11. The van der Waals surface area contributed by atoms with Crippen LogP contribution in [0.5, 0.6) is 11.5 Å². The number of rotatable bonds is 8. The summed E-state index contributed by atoms with van der Waals surface area (Å²) in [5.74, 6) is 2.24. The quantitative estimate of drug-likeness (QED) is 0.514. The third kappa shape index (κ3) is 5.62. The molecule has 0 fully saturated rings. The second kappa shape index (κ2) is 10.1. The van der Waals surface area contributed by atoms with Gasteiger partial charge in [-0.2, -0.15) is 0 Å². The van der Waals surface area contributed by atoms with Crippen LogP contribution in [0.4, 0.5) is 0 Å². The van der Waals surface area contributed by atoms with Gasteiger partial charge in [-0.1, -0.05) is 62.9 Å². The molecular weight excluding hydrogens is 424 g/mol. The molecule has 8 heteroatoms. The number of amides is 1. The summed E-state index contributed by atoms with van der Waals surface area (Å²) in [6.45, 7) is 6.98. The van der Waals surface area contributed by atoms with Crippen molar-refractivity contribution in [2.75, 3.05) is 20.0 Å². The lowest BCUT2D eigenvalue weighted by Gasteiger charge is -2.19. The molecule has 1 aromatic heterocycles. The van der Waals surface area contributed by atoms with E-state index in [1.54, 1.807) is 14.2 Å². The van der Waals surface area contributed by atoms with Crippen LogP contribution in [-0.4, -0.2) is 40.6 Å². The zero-order valence-corrected chi connectivity index (χ0v) is 20.2. The molecule has 0 bridgehead atoms. The molecule has 0 unspecified atom stereocenters. The van der Waals surface area contributed by atoms with Crippen molar-refractivity contribution in [1.29, 1.82) is 0 Å². The summed E-state index contributed by atoms with van der Waals surface area (Å²) in [7, 11) is 5.09. The van der Waals surface area contributed by atoms with Gasteiger partial charge in [-0.05, 0) is 28.7 Å². The van der Waals surface area contributed by atoms with Gasteiger partial charge >= 0.3 is 0 Å². The summed E-state index contributed by atoms with van der Waals surface area (Å²) in [4.78, 5) is 12.3. The van der Waals surface area contributed by atoms with Gasteiger partial charge in [0.15, 0.2) is 22.5 Å². The van der Waals surface area contributed by atoms with Crippen LogP contribution in [0.25, 0.3) is 11.4 Å². The smallest absolute Gasteiger partial charge is 0.230 e. The molecule has 7 nitrogen and oxygen atoms in total. The van der Waals surface area contributed by atoms with Crippen LogP contribution >= 0.6 is 11.8 Å². The molecule has 32 heavy (non-hydrogen) atoms. The molecule has 1 heterocycles. The zero-order chi connectivity index (χ0) is 23.3. The monoisotopic (exact) mass is 454 g/mol. The fraction of sp³-hybridized carbons (Fsp3) is 0.375. The maximum Gasteiger partial charge on any atom is 0.230 e. The molecule has 170 valence electrons. The van der Waals surface area contributed by atoms with Crippen LogP contribution in [0, 0.1) is 0 Å². The third-order valence-corrected chi connectivity index (χ3v) is 6.13. The fourth-order valence-electron chi connectivity index (χ4n) is 3.18. The van der Waals surface area contributed by atoms with Gasteiger partial charge in [0.1, 0.15) is 0 Å². The summed E-state index contributed by atoms with van der Waals surface area (Å²) in [6, 6.07) is 14.0. The number of thioether (sulfide) groups is 1. The highest BCUT2D eigenvalue weighted by Gasteiger charge is 2.16.